The van der Waals surface area contributed by atoms with Crippen molar-refractivity contribution in [2.45, 2.75) is 40.5 Å². The van der Waals surface area contributed by atoms with Gasteiger partial charge in [0, 0.05) is 5.69 Å². The van der Waals surface area contributed by atoms with Crippen molar-refractivity contribution in [2.24, 2.45) is 0 Å². The van der Waals surface area contributed by atoms with Crippen molar-refractivity contribution in [3.63, 3.8) is 0 Å². The third-order valence-corrected chi connectivity index (χ3v) is 6.27. The van der Waals surface area contributed by atoms with Gasteiger partial charge in [0.15, 0.2) is 11.5 Å². The number of hydrogen-bond donors (Lipinski definition) is 1. The molecular weight excluding hydrogens is 452 g/mol. The Morgan fingerprint density at radius 3 is 2.44 bits per heavy atom. The highest BCUT2D eigenvalue weighted by Crippen LogP contribution is 2.34. The van der Waals surface area contributed by atoms with Crippen molar-refractivity contribution in [1.29, 1.82) is 0 Å². The van der Waals surface area contributed by atoms with Gasteiger partial charge < -0.3 is 14.8 Å². The summed E-state index contributed by atoms with van der Waals surface area (Å²) in [5.41, 5.74) is 4.35. The van der Waals surface area contributed by atoms with E-state index in [-0.39, 0.29) is 11.4 Å². The predicted molar refractivity (Wildman–Crippen MR) is 135 cm³/mol. The summed E-state index contributed by atoms with van der Waals surface area (Å²) in [6.45, 7) is 8.14. The summed E-state index contributed by atoms with van der Waals surface area (Å²) in [7, 11) is 1.55. The first kappa shape index (κ1) is 25.4. The van der Waals surface area contributed by atoms with Gasteiger partial charge in [-0.1, -0.05) is 37.1 Å². The van der Waals surface area contributed by atoms with Crippen LogP contribution < -0.4 is 14.8 Å². The number of aryl methyl sites for hydroxylation is 3. The minimum absolute atomic E-state index is 0.252. The number of amides is 3. The van der Waals surface area contributed by atoms with Crippen molar-refractivity contribution in [2.75, 3.05) is 25.6 Å². The van der Waals surface area contributed by atoms with Gasteiger partial charge in [-0.05, 0) is 73.9 Å². The second-order valence-corrected chi connectivity index (χ2v) is 9.20. The smallest absolute Gasteiger partial charge is 0.294 e. The lowest BCUT2D eigenvalue weighted by molar-refractivity contribution is -0.127. The molecule has 0 spiro atoms. The molecule has 1 aliphatic heterocycles. The lowest BCUT2D eigenvalue weighted by Gasteiger charge is -2.16. The first-order chi connectivity index (χ1) is 16.2. The summed E-state index contributed by atoms with van der Waals surface area (Å²) < 4.78 is 11.1. The fourth-order valence-corrected chi connectivity index (χ4v) is 4.55. The van der Waals surface area contributed by atoms with E-state index in [1.54, 1.807) is 31.4 Å². The van der Waals surface area contributed by atoms with Gasteiger partial charge in [-0.2, -0.15) is 0 Å². The summed E-state index contributed by atoms with van der Waals surface area (Å²) >= 11 is 0.814. The van der Waals surface area contributed by atoms with Crippen molar-refractivity contribution in [3.8, 4) is 11.5 Å². The zero-order valence-electron chi connectivity index (χ0n) is 20.2. The molecule has 3 rings (SSSR count). The second kappa shape index (κ2) is 11.2. The van der Waals surface area contributed by atoms with Gasteiger partial charge in [0.1, 0.15) is 6.54 Å². The minimum Gasteiger partial charge on any atom is -0.493 e. The number of thioether (sulfide) groups is 1. The molecule has 7 nitrogen and oxygen atoms in total. The number of nitrogens with zero attached hydrogens (tertiary/aromatic N) is 1. The number of ether oxygens (including phenoxy) is 2. The molecule has 180 valence electrons. The molecule has 3 amide bonds. The quantitative estimate of drug-likeness (QED) is 0.377. The summed E-state index contributed by atoms with van der Waals surface area (Å²) in [5, 5.41) is 2.36. The summed E-state index contributed by atoms with van der Waals surface area (Å²) in [5.74, 6) is 0.255. The Bertz CT molecular complexity index is 1120. The topological polar surface area (TPSA) is 84.9 Å². The number of benzene rings is 2. The molecule has 2 aromatic carbocycles. The van der Waals surface area contributed by atoms with E-state index in [2.05, 4.69) is 12.2 Å². The number of carbonyl (C=O) groups excluding carboxylic acids is 3. The molecule has 0 bridgehead atoms. The van der Waals surface area contributed by atoms with Gasteiger partial charge in [0.25, 0.3) is 11.1 Å². The summed E-state index contributed by atoms with van der Waals surface area (Å²) in [4.78, 5) is 39.2. The normalized spacial score (nSPS) is 14.6. The first-order valence-electron chi connectivity index (χ1n) is 11.2. The Morgan fingerprint density at radius 2 is 1.79 bits per heavy atom. The molecule has 8 heteroatoms. The fourth-order valence-electron chi connectivity index (χ4n) is 3.71. The summed E-state index contributed by atoms with van der Waals surface area (Å²) in [6, 6.07) is 9.28. The van der Waals surface area contributed by atoms with Gasteiger partial charge >= 0.3 is 0 Å². The van der Waals surface area contributed by atoms with Crippen LogP contribution in [0.1, 0.15) is 42.0 Å². The van der Waals surface area contributed by atoms with Gasteiger partial charge in [-0.3, -0.25) is 19.3 Å². The third kappa shape index (κ3) is 5.99. The highest BCUT2D eigenvalue weighted by Gasteiger charge is 2.36. The highest BCUT2D eigenvalue weighted by molar-refractivity contribution is 8.18. The molecule has 1 saturated heterocycles. The number of methoxy groups -OCH3 is 1. The first-order valence-corrected chi connectivity index (χ1v) is 12.0. The standard InChI is InChI=1S/C26H30N2O5S/c1-6-7-10-33-20-9-8-19(13-21(20)32-5)14-22-25(30)28(26(31)34-22)15-23(29)27-24-17(3)11-16(2)12-18(24)4/h8-9,11-14H,6-7,10,15H2,1-5H3,(H,27,29)/b22-14-. The number of rotatable bonds is 9. The average molecular weight is 483 g/mol. The van der Waals surface area contributed by atoms with Crippen LogP contribution in [0, 0.1) is 20.8 Å². The maximum atomic E-state index is 12.9. The van der Waals surface area contributed by atoms with Gasteiger partial charge in [-0.15, -0.1) is 0 Å². The predicted octanol–water partition coefficient (Wildman–Crippen LogP) is 5.47. The number of anilines is 1. The van der Waals surface area contributed by atoms with Gasteiger partial charge in [0.05, 0.1) is 18.6 Å². The van der Waals surface area contributed by atoms with E-state index in [4.69, 9.17) is 9.47 Å². The van der Waals surface area contributed by atoms with E-state index in [0.29, 0.717) is 29.4 Å². The van der Waals surface area contributed by atoms with E-state index >= 15 is 0 Å². The number of hydrogen-bond acceptors (Lipinski definition) is 6. The van der Waals surface area contributed by atoms with Crippen LogP contribution in [-0.2, 0) is 9.59 Å². The second-order valence-electron chi connectivity index (χ2n) is 8.20. The maximum Gasteiger partial charge on any atom is 0.294 e. The number of nitrogens with one attached hydrogen (secondary N) is 1. The van der Waals surface area contributed by atoms with Crippen LogP contribution in [0.4, 0.5) is 10.5 Å². The average Bonchev–Trinajstić information content (AvgIpc) is 3.04. The van der Waals surface area contributed by atoms with Gasteiger partial charge in [0.2, 0.25) is 5.91 Å². The fraction of sp³-hybridized carbons (Fsp3) is 0.346. The molecule has 0 saturated carbocycles. The Balaban J connectivity index is 1.71. The van der Waals surface area contributed by atoms with E-state index in [0.717, 1.165) is 46.2 Å². The van der Waals surface area contributed by atoms with Crippen LogP contribution in [0.5, 0.6) is 11.5 Å². The lowest BCUT2D eigenvalue weighted by atomic mass is 10.1. The lowest BCUT2D eigenvalue weighted by Crippen LogP contribution is -2.36. The van der Waals surface area contributed by atoms with Gasteiger partial charge in [-0.25, -0.2) is 0 Å². The van der Waals surface area contributed by atoms with Crippen LogP contribution in [0.2, 0.25) is 0 Å². The van der Waals surface area contributed by atoms with E-state index < -0.39 is 17.1 Å². The molecule has 1 fully saturated rings. The molecule has 1 heterocycles. The van der Waals surface area contributed by atoms with Crippen LogP contribution in [0.25, 0.3) is 6.08 Å². The van der Waals surface area contributed by atoms with Crippen molar-refractivity contribution < 1.29 is 23.9 Å². The summed E-state index contributed by atoms with van der Waals surface area (Å²) in [6.07, 6.45) is 3.59. The molecular formula is C26H30N2O5S. The Labute approximate surface area is 204 Å². The molecule has 1 aliphatic rings. The molecule has 1 N–H and O–H groups in total. The van der Waals surface area contributed by atoms with Crippen molar-refractivity contribution >= 4 is 40.6 Å². The van der Waals surface area contributed by atoms with Crippen LogP contribution >= 0.6 is 11.8 Å². The number of unbranched alkanes of at least 4 members (excludes halogenated alkanes) is 1. The monoisotopic (exact) mass is 482 g/mol. The SMILES string of the molecule is CCCCOc1ccc(/C=C2\SC(=O)N(CC(=O)Nc3c(C)cc(C)cc3C)C2=O)cc1OC. The van der Waals surface area contributed by atoms with E-state index in [9.17, 15) is 14.4 Å². The van der Waals surface area contributed by atoms with E-state index in [1.165, 1.54) is 0 Å². The Hall–Kier alpha value is -3.26. The van der Waals surface area contributed by atoms with Crippen LogP contribution in [0.15, 0.2) is 35.2 Å². The molecule has 0 atom stereocenters. The van der Waals surface area contributed by atoms with Crippen molar-refractivity contribution in [3.05, 3.63) is 57.5 Å². The molecule has 0 unspecified atom stereocenters. The number of imide groups is 1. The zero-order valence-corrected chi connectivity index (χ0v) is 21.0. The minimum atomic E-state index is -0.496. The third-order valence-electron chi connectivity index (χ3n) is 5.36. The Kier molecular flexibility index (Phi) is 8.39. The molecule has 34 heavy (non-hydrogen) atoms. The molecule has 0 radical (unpaired) electrons. The largest absolute Gasteiger partial charge is 0.493 e. The molecule has 0 aromatic heterocycles. The Morgan fingerprint density at radius 1 is 1.09 bits per heavy atom. The zero-order chi connectivity index (χ0) is 24.8. The maximum absolute atomic E-state index is 12.9. The highest BCUT2D eigenvalue weighted by atomic mass is 32.2. The molecule has 2 aromatic rings. The number of carbonyl (C=O) groups is 3. The van der Waals surface area contributed by atoms with Crippen LogP contribution in [0.3, 0.4) is 0 Å². The van der Waals surface area contributed by atoms with Crippen LogP contribution in [-0.4, -0.2) is 42.2 Å². The molecule has 0 aliphatic carbocycles. The van der Waals surface area contributed by atoms with E-state index in [1.807, 2.05) is 32.9 Å². The van der Waals surface area contributed by atoms with Crippen molar-refractivity contribution in [1.82, 2.24) is 4.90 Å².